The fourth-order valence-electron chi connectivity index (χ4n) is 2.22. The van der Waals surface area contributed by atoms with Gasteiger partial charge < -0.3 is 10.4 Å². The standard InChI is InChI=1S/C12H16FNO/c13-10-5-4-9-2-1-3-12(11(9)8-10)14-6-7-15/h4-5,8,12,14-15H,1-3,6-7H2. The highest BCUT2D eigenvalue weighted by atomic mass is 19.1. The zero-order valence-corrected chi connectivity index (χ0v) is 8.67. The Labute approximate surface area is 89.1 Å². The molecule has 1 aliphatic rings. The van der Waals surface area contributed by atoms with Gasteiger partial charge in [0.25, 0.3) is 0 Å². The van der Waals surface area contributed by atoms with Crippen molar-refractivity contribution in [2.45, 2.75) is 25.3 Å². The monoisotopic (exact) mass is 209 g/mol. The average Bonchev–Trinajstić information content (AvgIpc) is 2.26. The molecule has 1 aromatic rings. The second-order valence-corrected chi connectivity index (χ2v) is 3.97. The molecule has 2 nitrogen and oxygen atoms in total. The second-order valence-electron chi connectivity index (χ2n) is 3.97. The predicted octanol–water partition coefficient (Wildman–Crippen LogP) is 1.78. The summed E-state index contributed by atoms with van der Waals surface area (Å²) >= 11 is 0. The van der Waals surface area contributed by atoms with Crippen LogP contribution in [0, 0.1) is 5.82 Å². The molecule has 0 bridgehead atoms. The highest BCUT2D eigenvalue weighted by Gasteiger charge is 2.19. The summed E-state index contributed by atoms with van der Waals surface area (Å²) < 4.78 is 13.1. The maximum atomic E-state index is 13.1. The van der Waals surface area contributed by atoms with Gasteiger partial charge in [-0.1, -0.05) is 6.07 Å². The lowest BCUT2D eigenvalue weighted by Gasteiger charge is -2.26. The number of hydrogen-bond donors (Lipinski definition) is 2. The van der Waals surface area contributed by atoms with Crippen LogP contribution in [-0.2, 0) is 6.42 Å². The number of hydrogen-bond acceptors (Lipinski definition) is 2. The molecule has 0 radical (unpaired) electrons. The minimum absolute atomic E-state index is 0.126. The summed E-state index contributed by atoms with van der Waals surface area (Å²) in [6, 6.07) is 5.21. The summed E-state index contributed by atoms with van der Waals surface area (Å²) in [5, 5.41) is 12.0. The van der Waals surface area contributed by atoms with Gasteiger partial charge in [-0.05, 0) is 42.5 Å². The Kier molecular flexibility index (Phi) is 3.34. The minimum Gasteiger partial charge on any atom is -0.395 e. The highest BCUT2D eigenvalue weighted by Crippen LogP contribution is 2.29. The van der Waals surface area contributed by atoms with Crippen LogP contribution in [0.5, 0.6) is 0 Å². The van der Waals surface area contributed by atoms with E-state index in [0.29, 0.717) is 6.54 Å². The van der Waals surface area contributed by atoms with Gasteiger partial charge in [0.1, 0.15) is 5.82 Å². The number of halogens is 1. The summed E-state index contributed by atoms with van der Waals surface area (Å²) in [6.45, 7) is 0.696. The molecule has 2 rings (SSSR count). The van der Waals surface area contributed by atoms with E-state index in [0.717, 1.165) is 24.8 Å². The van der Waals surface area contributed by atoms with E-state index in [1.807, 2.05) is 6.07 Å². The summed E-state index contributed by atoms with van der Waals surface area (Å²) in [7, 11) is 0. The van der Waals surface area contributed by atoms with Crippen LogP contribution in [-0.4, -0.2) is 18.3 Å². The van der Waals surface area contributed by atoms with Crippen molar-refractivity contribution >= 4 is 0 Å². The molecular formula is C12H16FNO. The van der Waals surface area contributed by atoms with Crippen LogP contribution in [0.3, 0.4) is 0 Å². The molecule has 1 unspecified atom stereocenters. The molecule has 0 amide bonds. The van der Waals surface area contributed by atoms with Crippen molar-refractivity contribution in [1.29, 1.82) is 0 Å². The van der Waals surface area contributed by atoms with Crippen LogP contribution in [0.1, 0.15) is 30.0 Å². The summed E-state index contributed by atoms with van der Waals surface area (Å²) in [6.07, 6.45) is 3.19. The smallest absolute Gasteiger partial charge is 0.123 e. The van der Waals surface area contributed by atoms with Crippen molar-refractivity contribution in [1.82, 2.24) is 5.32 Å². The van der Waals surface area contributed by atoms with E-state index < -0.39 is 0 Å². The molecule has 15 heavy (non-hydrogen) atoms. The number of aliphatic hydroxyl groups is 1. The Morgan fingerprint density at radius 1 is 1.47 bits per heavy atom. The lowest BCUT2D eigenvalue weighted by molar-refractivity contribution is 0.280. The van der Waals surface area contributed by atoms with E-state index in [1.54, 1.807) is 6.07 Å². The first kappa shape index (κ1) is 10.6. The van der Waals surface area contributed by atoms with E-state index in [-0.39, 0.29) is 18.5 Å². The Bertz CT molecular complexity index is 340. The molecule has 1 aliphatic carbocycles. The van der Waals surface area contributed by atoms with E-state index in [9.17, 15) is 4.39 Å². The molecule has 0 fully saturated rings. The maximum Gasteiger partial charge on any atom is 0.123 e. The lowest BCUT2D eigenvalue weighted by Crippen LogP contribution is -2.27. The van der Waals surface area contributed by atoms with E-state index >= 15 is 0 Å². The van der Waals surface area contributed by atoms with Gasteiger partial charge in [0.15, 0.2) is 0 Å². The summed E-state index contributed by atoms with van der Waals surface area (Å²) in [4.78, 5) is 0. The molecule has 1 atom stereocenters. The molecule has 0 saturated carbocycles. The first-order valence-electron chi connectivity index (χ1n) is 5.44. The quantitative estimate of drug-likeness (QED) is 0.795. The first-order valence-corrected chi connectivity index (χ1v) is 5.44. The predicted molar refractivity (Wildman–Crippen MR) is 57.2 cm³/mol. The normalized spacial score (nSPS) is 20.0. The molecule has 1 aromatic carbocycles. The minimum atomic E-state index is -0.175. The third kappa shape index (κ3) is 2.36. The molecule has 3 heteroatoms. The lowest BCUT2D eigenvalue weighted by atomic mass is 9.87. The highest BCUT2D eigenvalue weighted by molar-refractivity contribution is 5.32. The van der Waals surface area contributed by atoms with Gasteiger partial charge in [-0.25, -0.2) is 4.39 Å². The molecule has 0 aromatic heterocycles. The Morgan fingerprint density at radius 2 is 2.33 bits per heavy atom. The van der Waals surface area contributed by atoms with Crippen LogP contribution in [0.4, 0.5) is 4.39 Å². The SMILES string of the molecule is OCCNC1CCCc2ccc(F)cc21. The van der Waals surface area contributed by atoms with E-state index in [1.165, 1.54) is 11.6 Å². The van der Waals surface area contributed by atoms with Crippen LogP contribution >= 0.6 is 0 Å². The molecule has 0 aliphatic heterocycles. The Balaban J connectivity index is 2.20. The van der Waals surface area contributed by atoms with Crippen molar-refractivity contribution in [3.05, 3.63) is 35.1 Å². The largest absolute Gasteiger partial charge is 0.395 e. The van der Waals surface area contributed by atoms with Gasteiger partial charge in [-0.2, -0.15) is 0 Å². The van der Waals surface area contributed by atoms with Gasteiger partial charge in [-0.15, -0.1) is 0 Å². The van der Waals surface area contributed by atoms with Crippen molar-refractivity contribution in [3.63, 3.8) is 0 Å². The number of benzene rings is 1. The molecule has 0 spiro atoms. The summed E-state index contributed by atoms with van der Waals surface area (Å²) in [5.74, 6) is -0.175. The zero-order chi connectivity index (χ0) is 10.7. The summed E-state index contributed by atoms with van der Waals surface area (Å²) in [5.41, 5.74) is 2.30. The number of rotatable bonds is 3. The third-order valence-electron chi connectivity index (χ3n) is 2.92. The number of fused-ring (bicyclic) bond motifs is 1. The van der Waals surface area contributed by atoms with Gasteiger partial charge in [0, 0.05) is 12.6 Å². The fourth-order valence-corrected chi connectivity index (χ4v) is 2.22. The van der Waals surface area contributed by atoms with Crippen molar-refractivity contribution in [2.75, 3.05) is 13.2 Å². The van der Waals surface area contributed by atoms with Crippen molar-refractivity contribution < 1.29 is 9.50 Å². The third-order valence-corrected chi connectivity index (χ3v) is 2.92. The van der Waals surface area contributed by atoms with Crippen LogP contribution in [0.2, 0.25) is 0 Å². The molecule has 0 saturated heterocycles. The molecule has 2 N–H and O–H groups in total. The molecular weight excluding hydrogens is 193 g/mol. The Hall–Kier alpha value is -0.930. The van der Waals surface area contributed by atoms with Crippen LogP contribution < -0.4 is 5.32 Å². The van der Waals surface area contributed by atoms with Gasteiger partial charge >= 0.3 is 0 Å². The van der Waals surface area contributed by atoms with E-state index in [2.05, 4.69) is 5.32 Å². The van der Waals surface area contributed by atoms with Gasteiger partial charge in [0.05, 0.1) is 6.61 Å². The number of aliphatic hydroxyl groups excluding tert-OH is 1. The molecule has 0 heterocycles. The number of aryl methyl sites for hydroxylation is 1. The number of nitrogens with one attached hydrogen (secondary N) is 1. The molecule has 82 valence electrons. The Morgan fingerprint density at radius 3 is 3.13 bits per heavy atom. The maximum absolute atomic E-state index is 13.1. The van der Waals surface area contributed by atoms with Gasteiger partial charge in [-0.3, -0.25) is 0 Å². The van der Waals surface area contributed by atoms with Gasteiger partial charge in [0.2, 0.25) is 0 Å². The van der Waals surface area contributed by atoms with Crippen molar-refractivity contribution in [3.8, 4) is 0 Å². The van der Waals surface area contributed by atoms with Crippen LogP contribution in [0.25, 0.3) is 0 Å². The first-order chi connectivity index (χ1) is 7.31. The zero-order valence-electron chi connectivity index (χ0n) is 8.67. The van der Waals surface area contributed by atoms with Crippen molar-refractivity contribution in [2.24, 2.45) is 0 Å². The second kappa shape index (κ2) is 4.73. The van der Waals surface area contributed by atoms with E-state index in [4.69, 9.17) is 5.11 Å². The topological polar surface area (TPSA) is 32.3 Å². The van der Waals surface area contributed by atoms with Crippen LogP contribution in [0.15, 0.2) is 18.2 Å². The average molecular weight is 209 g/mol. The fraction of sp³-hybridized carbons (Fsp3) is 0.500.